The predicted octanol–water partition coefficient (Wildman–Crippen LogP) is 7.03. The Morgan fingerprint density at radius 2 is 1.15 bits per heavy atom. The van der Waals surface area contributed by atoms with E-state index in [1.54, 1.807) is 12.1 Å². The van der Waals surface area contributed by atoms with Crippen molar-refractivity contribution >= 4 is 19.4 Å². The molecule has 0 saturated carbocycles. The molecule has 4 atom stereocenters. The lowest BCUT2D eigenvalue weighted by atomic mass is 9.84. The van der Waals surface area contributed by atoms with Crippen molar-refractivity contribution < 1.29 is 33.2 Å². The summed E-state index contributed by atoms with van der Waals surface area (Å²) in [4.78, 5) is 13.9. The van der Waals surface area contributed by atoms with E-state index in [0.29, 0.717) is 42.4 Å². The van der Waals surface area contributed by atoms with E-state index in [2.05, 4.69) is 32.9 Å². The summed E-state index contributed by atoms with van der Waals surface area (Å²) in [6.07, 6.45) is -1.56. The largest absolute Gasteiger partial charge is 0.465 e. The number of ether oxygens (including phenoxy) is 6. The molecule has 39 heavy (non-hydrogen) atoms. The van der Waals surface area contributed by atoms with Crippen molar-refractivity contribution in [2.24, 2.45) is 0 Å². The zero-order valence-electron chi connectivity index (χ0n) is 25.5. The minimum atomic E-state index is -0.542. The van der Waals surface area contributed by atoms with E-state index in [1.165, 1.54) is 5.56 Å². The van der Waals surface area contributed by atoms with Crippen LogP contribution in [0, 0.1) is 13.8 Å². The van der Waals surface area contributed by atoms with Crippen LogP contribution in [0.3, 0.4) is 0 Å². The molecule has 0 aliphatic rings. The van der Waals surface area contributed by atoms with Gasteiger partial charge in [0, 0.05) is 37.5 Å². The number of hydrogen-bond donors (Lipinski definition) is 0. The van der Waals surface area contributed by atoms with Crippen LogP contribution >= 0.6 is 8.58 Å². The minimum Gasteiger partial charge on any atom is -0.465 e. The lowest BCUT2D eigenvalue weighted by Gasteiger charge is -2.24. The van der Waals surface area contributed by atoms with Crippen LogP contribution in [0.4, 0.5) is 0 Å². The lowest BCUT2D eigenvalue weighted by molar-refractivity contribution is -0.0678. The number of carbonyl (C=O) groups is 1. The molecule has 0 heterocycles. The number of rotatable bonds is 15. The van der Waals surface area contributed by atoms with Gasteiger partial charge in [0.25, 0.3) is 0 Å². The first-order valence-electron chi connectivity index (χ1n) is 13.8. The first-order valence-corrected chi connectivity index (χ1v) is 14.8. The van der Waals surface area contributed by atoms with Crippen molar-refractivity contribution in [3.8, 4) is 17.2 Å². The van der Waals surface area contributed by atoms with Gasteiger partial charge in [-0.25, -0.2) is 0 Å². The SMILES string of the molecule is CCOC(C)Oc1cc(OC(C)OCC)c(PC(=O)c2c(C)cc(C(C)(C)C)cc2C)c(OC(C)OCC)c1. The molecule has 0 aromatic heterocycles. The summed E-state index contributed by atoms with van der Waals surface area (Å²) in [6, 6.07) is 7.75. The minimum absolute atomic E-state index is 0.00429. The van der Waals surface area contributed by atoms with Gasteiger partial charge in [-0.1, -0.05) is 32.9 Å². The first kappa shape index (κ1) is 33.0. The van der Waals surface area contributed by atoms with Gasteiger partial charge in [0.05, 0.1) is 5.30 Å². The lowest BCUT2D eigenvalue weighted by Crippen LogP contribution is -2.24. The fourth-order valence-corrected chi connectivity index (χ4v) is 5.48. The number of benzene rings is 2. The standard InChI is InChI=1S/C31H47O7P/c1-12-33-21(6)36-25-17-26(37-22(7)34-13-2)29(27(18-25)38-23(8)35-14-3)39-30(32)28-19(4)15-24(16-20(28)5)31(9,10)11/h15-18,21-23,39H,12-14H2,1-11H3. The van der Waals surface area contributed by atoms with Crippen LogP contribution in [0.1, 0.15) is 89.4 Å². The van der Waals surface area contributed by atoms with Crippen molar-refractivity contribution in [2.45, 2.75) is 100 Å². The quantitative estimate of drug-likeness (QED) is 0.170. The van der Waals surface area contributed by atoms with E-state index in [0.717, 1.165) is 16.7 Å². The molecule has 0 aliphatic carbocycles. The zero-order valence-corrected chi connectivity index (χ0v) is 26.5. The summed E-state index contributed by atoms with van der Waals surface area (Å²) in [6.45, 7) is 23.2. The van der Waals surface area contributed by atoms with Crippen LogP contribution in [0.25, 0.3) is 0 Å². The summed E-state index contributed by atoms with van der Waals surface area (Å²) in [7, 11) is -0.261. The predicted molar refractivity (Wildman–Crippen MR) is 158 cm³/mol. The summed E-state index contributed by atoms with van der Waals surface area (Å²) in [5, 5.41) is 0.633. The second-order valence-corrected chi connectivity index (χ2v) is 11.6. The second kappa shape index (κ2) is 15.0. The van der Waals surface area contributed by atoms with E-state index >= 15 is 0 Å². The van der Waals surface area contributed by atoms with Gasteiger partial charge in [0.1, 0.15) is 17.2 Å². The van der Waals surface area contributed by atoms with Gasteiger partial charge in [0.2, 0.25) is 0 Å². The highest BCUT2D eigenvalue weighted by molar-refractivity contribution is 7.66. The summed E-state index contributed by atoms with van der Waals surface area (Å²) < 4.78 is 35.3. The van der Waals surface area contributed by atoms with Crippen molar-refractivity contribution in [3.63, 3.8) is 0 Å². The summed E-state index contributed by atoms with van der Waals surface area (Å²) in [5.74, 6) is 1.42. The van der Waals surface area contributed by atoms with Gasteiger partial charge in [0.15, 0.2) is 24.4 Å². The fraction of sp³-hybridized carbons (Fsp3) is 0.581. The molecule has 8 heteroatoms. The molecule has 2 rings (SSSR count). The maximum Gasteiger partial charge on any atom is 0.197 e. The molecule has 0 aliphatic heterocycles. The van der Waals surface area contributed by atoms with Crippen molar-refractivity contribution in [1.82, 2.24) is 0 Å². The van der Waals surface area contributed by atoms with Gasteiger partial charge >= 0.3 is 0 Å². The highest BCUT2D eigenvalue weighted by atomic mass is 31.1. The van der Waals surface area contributed by atoms with Crippen LogP contribution in [0.15, 0.2) is 24.3 Å². The maximum absolute atomic E-state index is 13.9. The monoisotopic (exact) mass is 562 g/mol. The van der Waals surface area contributed by atoms with E-state index < -0.39 is 18.9 Å². The second-order valence-electron chi connectivity index (χ2n) is 10.4. The molecule has 218 valence electrons. The van der Waals surface area contributed by atoms with Crippen LogP contribution in [0.5, 0.6) is 17.2 Å². The first-order chi connectivity index (χ1) is 18.3. The molecule has 2 aromatic rings. The van der Waals surface area contributed by atoms with E-state index in [-0.39, 0.29) is 19.5 Å². The Bertz CT molecular complexity index is 1030. The Morgan fingerprint density at radius 1 is 0.744 bits per heavy atom. The van der Waals surface area contributed by atoms with Crippen LogP contribution in [-0.4, -0.2) is 44.2 Å². The molecule has 2 aromatic carbocycles. The van der Waals surface area contributed by atoms with Gasteiger partial charge in [-0.15, -0.1) is 0 Å². The summed E-state index contributed by atoms with van der Waals surface area (Å²) in [5.41, 5.74) is 3.83. The number of hydrogen-bond acceptors (Lipinski definition) is 7. The van der Waals surface area contributed by atoms with E-state index in [1.807, 2.05) is 55.4 Å². The van der Waals surface area contributed by atoms with Crippen molar-refractivity contribution in [3.05, 3.63) is 46.5 Å². The van der Waals surface area contributed by atoms with Crippen LogP contribution in [0.2, 0.25) is 0 Å². The molecule has 0 saturated heterocycles. The van der Waals surface area contributed by atoms with Crippen molar-refractivity contribution in [1.29, 1.82) is 0 Å². The Balaban J connectivity index is 2.61. The number of carbonyl (C=O) groups excluding carboxylic acids is 1. The van der Waals surface area contributed by atoms with Crippen LogP contribution < -0.4 is 19.5 Å². The molecular formula is C31H47O7P. The zero-order chi connectivity index (χ0) is 29.3. The Labute approximate surface area is 236 Å². The molecular weight excluding hydrogens is 515 g/mol. The van der Waals surface area contributed by atoms with Crippen LogP contribution in [-0.2, 0) is 19.6 Å². The molecule has 4 unspecified atom stereocenters. The van der Waals surface area contributed by atoms with Gasteiger partial charge in [-0.2, -0.15) is 0 Å². The topological polar surface area (TPSA) is 72.5 Å². The third-order valence-electron chi connectivity index (χ3n) is 6.00. The smallest absolute Gasteiger partial charge is 0.197 e. The van der Waals surface area contributed by atoms with Crippen molar-refractivity contribution in [2.75, 3.05) is 19.8 Å². The molecule has 0 spiro atoms. The van der Waals surface area contributed by atoms with Gasteiger partial charge in [-0.05, 0) is 86.1 Å². The molecule has 0 fully saturated rings. The molecule has 0 radical (unpaired) electrons. The molecule has 0 amide bonds. The molecule has 0 bridgehead atoms. The normalized spacial score (nSPS) is 14.3. The van der Waals surface area contributed by atoms with E-state index in [9.17, 15) is 4.79 Å². The average molecular weight is 563 g/mol. The molecule has 0 N–H and O–H groups in total. The molecule has 7 nitrogen and oxygen atoms in total. The Morgan fingerprint density at radius 3 is 1.54 bits per heavy atom. The highest BCUT2D eigenvalue weighted by Gasteiger charge is 2.25. The maximum atomic E-state index is 13.9. The third kappa shape index (κ3) is 9.75. The fourth-order valence-electron chi connectivity index (χ4n) is 4.23. The average Bonchev–Trinajstić information content (AvgIpc) is 2.80. The number of aryl methyl sites for hydroxylation is 2. The van der Waals surface area contributed by atoms with Gasteiger partial charge < -0.3 is 28.4 Å². The van der Waals surface area contributed by atoms with Gasteiger partial charge in [-0.3, -0.25) is 4.79 Å². The summed E-state index contributed by atoms with van der Waals surface area (Å²) >= 11 is 0. The third-order valence-corrected chi connectivity index (χ3v) is 7.22. The highest BCUT2D eigenvalue weighted by Crippen LogP contribution is 2.37. The Hall–Kier alpha value is -2.18. The van der Waals surface area contributed by atoms with E-state index in [4.69, 9.17) is 28.4 Å². The Kier molecular flexibility index (Phi) is 12.7.